The molecule has 0 aromatic carbocycles. The molecule has 18 nitrogen and oxygen atoms in total. The molecule has 5 aliphatic heterocycles. The fraction of sp³-hybridized carbons (Fsp3) is 0.500. The number of thiol groups is 1. The summed E-state index contributed by atoms with van der Waals surface area (Å²) in [5.41, 5.74) is 1.09. The topological polar surface area (TPSA) is 204 Å². The zero-order chi connectivity index (χ0) is 33.2. The molecule has 4 aromatic heterocycles. The average molecular weight is 747 g/mol. The Kier molecular flexibility index (Phi) is 8.48. The maximum Gasteiger partial charge on any atom is 0.386 e. The van der Waals surface area contributed by atoms with Gasteiger partial charge in [-0.3, -0.25) is 22.7 Å². The largest absolute Gasteiger partial charge is 0.386 e. The SMILES string of the molecule is O=P1(S)OCC2OC3[C@H](F)[C@@H]2O[P@@](O)(=S)OCC2O[C@H]([C@H](F)[C@@H]2O1)n1cnc2c(ncnc21)NC/C=C/CNc1ncnc2c1ncn23. The van der Waals surface area contributed by atoms with Crippen molar-refractivity contribution in [3.63, 3.8) is 0 Å². The van der Waals surface area contributed by atoms with Crippen LogP contribution in [-0.4, -0.2) is 107 Å². The Labute approximate surface area is 279 Å². The first kappa shape index (κ1) is 32.5. The summed E-state index contributed by atoms with van der Waals surface area (Å²) < 4.78 is 82.8. The molecule has 0 amide bonds. The van der Waals surface area contributed by atoms with E-state index >= 15 is 8.78 Å². The van der Waals surface area contributed by atoms with Crippen molar-refractivity contribution in [2.24, 2.45) is 0 Å². The number of ether oxygens (including phenoxy) is 2. The van der Waals surface area contributed by atoms with Crippen LogP contribution in [0.4, 0.5) is 20.4 Å². The number of alkyl halides is 2. The summed E-state index contributed by atoms with van der Waals surface area (Å²) in [4.78, 5) is 36.8. The first-order chi connectivity index (χ1) is 23.1. The molecule has 48 heavy (non-hydrogen) atoms. The number of imidazole rings is 2. The zero-order valence-electron chi connectivity index (χ0n) is 24.3. The average Bonchev–Trinajstić information content (AvgIpc) is 3.81. The van der Waals surface area contributed by atoms with Crippen LogP contribution >= 0.6 is 25.8 Å². The molecule has 0 aliphatic carbocycles. The van der Waals surface area contributed by atoms with Gasteiger partial charge in [-0.05, 0) is 11.8 Å². The molecular weight excluding hydrogens is 720 g/mol. The molecule has 5 aliphatic rings. The van der Waals surface area contributed by atoms with Gasteiger partial charge in [0.05, 0.1) is 25.9 Å². The Morgan fingerprint density at radius 3 is 1.85 bits per heavy atom. The van der Waals surface area contributed by atoms with Gasteiger partial charge < -0.3 is 29.5 Å². The second kappa shape index (κ2) is 12.5. The smallest absolute Gasteiger partial charge is 0.365 e. The fourth-order valence-electron chi connectivity index (χ4n) is 5.87. The molecule has 3 N–H and O–H groups in total. The molecule has 4 aromatic rings. The van der Waals surface area contributed by atoms with E-state index in [2.05, 4.69) is 52.8 Å². The van der Waals surface area contributed by atoms with Gasteiger partial charge in [-0.2, -0.15) is 0 Å². The normalized spacial score (nSPS) is 38.0. The van der Waals surface area contributed by atoms with E-state index in [0.717, 1.165) is 0 Å². The maximum atomic E-state index is 16.2. The van der Waals surface area contributed by atoms with Gasteiger partial charge in [0.2, 0.25) is 0 Å². The van der Waals surface area contributed by atoms with Crippen LogP contribution < -0.4 is 10.6 Å². The Balaban J connectivity index is 1.21. The number of fused-ring (bicyclic) bond motifs is 10. The third-order valence-corrected chi connectivity index (χ3v) is 11.2. The Hall–Kier alpha value is -2.75. The molecular formula is C24H26F2N10O8P2S2. The van der Waals surface area contributed by atoms with E-state index < -0.39 is 75.9 Å². The molecule has 10 atom stereocenters. The van der Waals surface area contributed by atoms with Gasteiger partial charge in [-0.1, -0.05) is 24.4 Å². The van der Waals surface area contributed by atoms with Gasteiger partial charge in [-0.15, -0.1) is 0 Å². The number of halogens is 2. The lowest BCUT2D eigenvalue weighted by Crippen LogP contribution is -2.37. The number of nitrogens with one attached hydrogen (secondary N) is 2. The predicted molar refractivity (Wildman–Crippen MR) is 169 cm³/mol. The third-order valence-electron chi connectivity index (χ3n) is 8.05. The van der Waals surface area contributed by atoms with Crippen molar-refractivity contribution in [1.29, 1.82) is 0 Å². The van der Waals surface area contributed by atoms with Crippen molar-refractivity contribution in [1.82, 2.24) is 39.0 Å². The van der Waals surface area contributed by atoms with Gasteiger partial charge >= 0.3 is 13.5 Å². The van der Waals surface area contributed by atoms with Crippen LogP contribution in [0, 0.1) is 0 Å². The lowest BCUT2D eigenvalue weighted by atomic mass is 10.1. The van der Waals surface area contributed by atoms with Crippen LogP contribution in [0.25, 0.3) is 22.3 Å². The first-order valence-corrected chi connectivity index (χ1v) is 19.8. The van der Waals surface area contributed by atoms with Crippen molar-refractivity contribution in [2.45, 2.75) is 49.2 Å². The summed E-state index contributed by atoms with van der Waals surface area (Å²) in [7, 11) is 0. The molecule has 9 heterocycles. The molecule has 256 valence electrons. The highest BCUT2D eigenvalue weighted by Gasteiger charge is 2.54. The Bertz CT molecular complexity index is 1860. The number of anilines is 2. The van der Waals surface area contributed by atoms with Gasteiger partial charge in [0, 0.05) is 13.1 Å². The summed E-state index contributed by atoms with van der Waals surface area (Å²) in [6.07, 6.45) is -3.72. The highest BCUT2D eigenvalue weighted by Crippen LogP contribution is 2.58. The Morgan fingerprint density at radius 1 is 0.812 bits per heavy atom. The summed E-state index contributed by atoms with van der Waals surface area (Å²) in [6.45, 7) is -9.13. The molecule has 0 saturated carbocycles. The van der Waals surface area contributed by atoms with E-state index in [-0.39, 0.29) is 11.3 Å². The van der Waals surface area contributed by atoms with Gasteiger partial charge in [0.25, 0.3) is 0 Å². The number of hydrogen-bond acceptors (Lipinski definition) is 16. The van der Waals surface area contributed by atoms with E-state index in [9.17, 15) is 9.46 Å². The van der Waals surface area contributed by atoms with E-state index in [1.165, 1.54) is 34.4 Å². The van der Waals surface area contributed by atoms with Crippen molar-refractivity contribution < 1.29 is 45.8 Å². The molecule has 3 fully saturated rings. The number of nitrogens with zero attached hydrogens (tertiary/aromatic N) is 8. The lowest BCUT2D eigenvalue weighted by molar-refractivity contribution is -0.0564. The second-order valence-electron chi connectivity index (χ2n) is 11.0. The van der Waals surface area contributed by atoms with Gasteiger partial charge in [0.15, 0.2) is 58.8 Å². The monoisotopic (exact) mass is 746 g/mol. The van der Waals surface area contributed by atoms with E-state index in [1.807, 2.05) is 12.2 Å². The van der Waals surface area contributed by atoms with Crippen LogP contribution in [0.2, 0.25) is 0 Å². The summed E-state index contributed by atoms with van der Waals surface area (Å²) in [6, 6.07) is 0. The first-order valence-electron chi connectivity index (χ1n) is 14.5. The second-order valence-corrected chi connectivity index (χ2v) is 16.7. The molecule has 0 spiro atoms. The van der Waals surface area contributed by atoms with Crippen LogP contribution in [0.15, 0.2) is 37.5 Å². The highest BCUT2D eigenvalue weighted by molar-refractivity contribution is 8.44. The zero-order valence-corrected chi connectivity index (χ0v) is 27.8. The standard InChI is InChI=1S/C24H26F2N10O8P2S2/c25-13-17-11-5-39-46(38,48)44-18-12(6-40-45(37,47)43-17)42-24(14(18)26)36-10-34-16-20(30-8-32-22(16)36)28-4-2-1-3-27-19-15-21(31-7-29-19)35(9-33-15)23(13)41-11/h1-2,7-14,17-18,23-24H,3-6H2,(H,37,47)(H,38,48)(H,27,29,31)(H,28,30,32)/b2-1+/t11?,12?,13-,14-,17-,18-,23-,24?,45?,46+/m1/s1. The van der Waals surface area contributed by atoms with E-state index in [1.54, 1.807) is 0 Å². The third kappa shape index (κ3) is 5.91. The fourth-order valence-corrected chi connectivity index (χ4v) is 8.79. The minimum Gasteiger partial charge on any atom is -0.365 e. The summed E-state index contributed by atoms with van der Waals surface area (Å²) >= 11 is 9.28. The van der Waals surface area contributed by atoms with Crippen LogP contribution in [0.3, 0.4) is 0 Å². The quantitative estimate of drug-likeness (QED) is 0.116. The number of aromatic nitrogens is 8. The molecule has 4 unspecified atom stereocenters. The Morgan fingerprint density at radius 2 is 1.31 bits per heavy atom. The number of rotatable bonds is 0. The molecule has 14 bridgehead atoms. The van der Waals surface area contributed by atoms with Crippen molar-refractivity contribution in [3.05, 3.63) is 37.5 Å². The van der Waals surface area contributed by atoms with Crippen LogP contribution in [0.5, 0.6) is 0 Å². The molecule has 24 heteroatoms. The van der Waals surface area contributed by atoms with Crippen molar-refractivity contribution in [3.8, 4) is 0 Å². The van der Waals surface area contributed by atoms with Crippen LogP contribution in [-0.2, 0) is 43.9 Å². The highest BCUT2D eigenvalue weighted by atomic mass is 32.7. The molecule has 9 rings (SSSR count). The van der Waals surface area contributed by atoms with Gasteiger partial charge in [0.1, 0.15) is 37.1 Å². The van der Waals surface area contributed by atoms with Crippen LogP contribution in [0.1, 0.15) is 12.5 Å². The minimum absolute atomic E-state index is 0.222. The maximum absolute atomic E-state index is 16.2. The summed E-state index contributed by atoms with van der Waals surface area (Å²) in [5.74, 6) is 0.753. The molecule has 0 radical (unpaired) electrons. The van der Waals surface area contributed by atoms with Crippen molar-refractivity contribution in [2.75, 3.05) is 36.9 Å². The number of hydrogen-bond donors (Lipinski definition) is 4. The van der Waals surface area contributed by atoms with E-state index in [4.69, 9.17) is 39.4 Å². The van der Waals surface area contributed by atoms with Gasteiger partial charge in [-0.25, -0.2) is 43.2 Å². The molecule has 3 saturated heterocycles. The van der Waals surface area contributed by atoms with E-state index in [0.29, 0.717) is 35.8 Å². The minimum atomic E-state index is -4.38. The predicted octanol–water partition coefficient (Wildman–Crippen LogP) is 2.60. The summed E-state index contributed by atoms with van der Waals surface area (Å²) in [5, 5.41) is 6.30. The van der Waals surface area contributed by atoms with Crippen molar-refractivity contribution >= 4 is 71.5 Å². The lowest BCUT2D eigenvalue weighted by Gasteiger charge is -2.29.